The van der Waals surface area contributed by atoms with E-state index in [9.17, 15) is 0 Å². The van der Waals surface area contributed by atoms with Gasteiger partial charge in [-0.3, -0.25) is 0 Å². The van der Waals surface area contributed by atoms with Gasteiger partial charge in [0.15, 0.2) is 0 Å². The van der Waals surface area contributed by atoms with Gasteiger partial charge in [0.05, 0.1) is 6.61 Å². The Bertz CT molecular complexity index is 118. The highest BCUT2D eigenvalue weighted by atomic mass is 16.5. The van der Waals surface area contributed by atoms with Gasteiger partial charge in [-0.25, -0.2) is 0 Å². The molecular formula is C11H25NO2. The predicted molar refractivity (Wildman–Crippen MR) is 59.6 cm³/mol. The van der Waals surface area contributed by atoms with Crippen molar-refractivity contribution < 1.29 is 9.47 Å². The van der Waals surface area contributed by atoms with E-state index in [1.807, 2.05) is 0 Å². The van der Waals surface area contributed by atoms with E-state index in [1.165, 1.54) is 0 Å². The molecule has 0 rings (SSSR count). The highest BCUT2D eigenvalue weighted by Gasteiger charge is 1.99. The van der Waals surface area contributed by atoms with Crippen molar-refractivity contribution in [2.45, 2.75) is 20.8 Å². The molecule has 3 nitrogen and oxygen atoms in total. The van der Waals surface area contributed by atoms with Crippen molar-refractivity contribution in [2.24, 2.45) is 11.8 Å². The molecule has 0 aliphatic heterocycles. The van der Waals surface area contributed by atoms with E-state index in [1.54, 1.807) is 7.11 Å². The molecule has 0 aliphatic carbocycles. The van der Waals surface area contributed by atoms with Crippen LogP contribution in [0, 0.1) is 11.8 Å². The predicted octanol–water partition coefficient (Wildman–Crippen LogP) is 1.53. The number of ether oxygens (including phenoxy) is 2. The Morgan fingerprint density at radius 2 is 1.86 bits per heavy atom. The standard InChI is InChI=1S/C11H25NO2/c1-10(2)8-14-6-5-12-7-11(3)9-13-4/h10-12H,5-9H2,1-4H3. The smallest absolute Gasteiger partial charge is 0.0591 e. The first kappa shape index (κ1) is 13.9. The molecule has 0 spiro atoms. The number of rotatable bonds is 9. The Balaban J connectivity index is 3.05. The lowest BCUT2D eigenvalue weighted by atomic mass is 10.2. The molecule has 86 valence electrons. The maximum atomic E-state index is 5.44. The second kappa shape index (κ2) is 9.44. The van der Waals surface area contributed by atoms with Crippen LogP contribution in [0.25, 0.3) is 0 Å². The van der Waals surface area contributed by atoms with Crippen LogP contribution >= 0.6 is 0 Å². The summed E-state index contributed by atoms with van der Waals surface area (Å²) < 4.78 is 10.5. The minimum Gasteiger partial charge on any atom is -0.384 e. The van der Waals surface area contributed by atoms with Crippen LogP contribution in [-0.4, -0.2) is 40.0 Å². The molecule has 0 aromatic carbocycles. The molecule has 0 aromatic heterocycles. The summed E-state index contributed by atoms with van der Waals surface area (Å²) in [6.07, 6.45) is 0. The third-order valence-corrected chi connectivity index (χ3v) is 1.82. The van der Waals surface area contributed by atoms with E-state index in [0.717, 1.165) is 32.9 Å². The Labute approximate surface area is 88.2 Å². The van der Waals surface area contributed by atoms with Crippen LogP contribution in [0.3, 0.4) is 0 Å². The van der Waals surface area contributed by atoms with Crippen LogP contribution in [0.4, 0.5) is 0 Å². The molecule has 0 bridgehead atoms. The van der Waals surface area contributed by atoms with Gasteiger partial charge < -0.3 is 14.8 Å². The molecule has 0 heterocycles. The summed E-state index contributed by atoms with van der Waals surface area (Å²) in [6.45, 7) is 10.9. The van der Waals surface area contributed by atoms with Gasteiger partial charge in [-0.05, 0) is 18.4 Å². The zero-order chi connectivity index (χ0) is 10.8. The third kappa shape index (κ3) is 9.96. The maximum absolute atomic E-state index is 5.44. The minimum atomic E-state index is 0.574. The van der Waals surface area contributed by atoms with Crippen LogP contribution in [0.15, 0.2) is 0 Å². The fourth-order valence-electron chi connectivity index (χ4n) is 1.16. The molecule has 0 fully saturated rings. The molecular weight excluding hydrogens is 178 g/mol. The van der Waals surface area contributed by atoms with Crippen molar-refractivity contribution in [3.8, 4) is 0 Å². The fourth-order valence-corrected chi connectivity index (χ4v) is 1.16. The molecule has 14 heavy (non-hydrogen) atoms. The highest BCUT2D eigenvalue weighted by Crippen LogP contribution is 1.93. The van der Waals surface area contributed by atoms with Gasteiger partial charge in [-0.2, -0.15) is 0 Å². The highest BCUT2D eigenvalue weighted by molar-refractivity contribution is 4.55. The van der Waals surface area contributed by atoms with Crippen molar-refractivity contribution in [2.75, 3.05) is 40.0 Å². The van der Waals surface area contributed by atoms with Gasteiger partial charge in [-0.15, -0.1) is 0 Å². The maximum Gasteiger partial charge on any atom is 0.0591 e. The van der Waals surface area contributed by atoms with Crippen LogP contribution in [0.2, 0.25) is 0 Å². The Hall–Kier alpha value is -0.120. The van der Waals surface area contributed by atoms with Crippen LogP contribution in [-0.2, 0) is 9.47 Å². The molecule has 1 atom stereocenters. The molecule has 1 N–H and O–H groups in total. The average molecular weight is 203 g/mol. The van der Waals surface area contributed by atoms with Gasteiger partial charge in [0, 0.05) is 26.9 Å². The first-order chi connectivity index (χ1) is 6.66. The number of hydrogen-bond donors (Lipinski definition) is 1. The van der Waals surface area contributed by atoms with Crippen molar-refractivity contribution in [3.63, 3.8) is 0 Å². The normalized spacial score (nSPS) is 13.5. The van der Waals surface area contributed by atoms with Gasteiger partial charge in [0.25, 0.3) is 0 Å². The fraction of sp³-hybridized carbons (Fsp3) is 1.00. The molecule has 0 aliphatic rings. The summed E-state index contributed by atoms with van der Waals surface area (Å²) in [5.74, 6) is 1.20. The van der Waals surface area contributed by atoms with Crippen molar-refractivity contribution >= 4 is 0 Å². The SMILES string of the molecule is COCC(C)CNCCOCC(C)C. The number of nitrogens with one attached hydrogen (secondary N) is 1. The van der Waals surface area contributed by atoms with Gasteiger partial charge in [0.2, 0.25) is 0 Å². The monoisotopic (exact) mass is 203 g/mol. The molecule has 3 heteroatoms. The zero-order valence-electron chi connectivity index (χ0n) is 10.0. The molecule has 0 amide bonds. The molecule has 0 saturated heterocycles. The van der Waals surface area contributed by atoms with E-state index in [-0.39, 0.29) is 0 Å². The zero-order valence-corrected chi connectivity index (χ0v) is 10.0. The van der Waals surface area contributed by atoms with Crippen molar-refractivity contribution in [3.05, 3.63) is 0 Å². The topological polar surface area (TPSA) is 30.5 Å². The Morgan fingerprint density at radius 3 is 2.43 bits per heavy atom. The Morgan fingerprint density at radius 1 is 1.14 bits per heavy atom. The van der Waals surface area contributed by atoms with E-state index in [4.69, 9.17) is 9.47 Å². The molecule has 1 unspecified atom stereocenters. The largest absolute Gasteiger partial charge is 0.384 e. The van der Waals surface area contributed by atoms with Crippen molar-refractivity contribution in [1.82, 2.24) is 5.32 Å². The van der Waals surface area contributed by atoms with E-state index >= 15 is 0 Å². The van der Waals surface area contributed by atoms with E-state index in [0.29, 0.717) is 11.8 Å². The molecule has 0 aromatic rings. The molecule has 0 saturated carbocycles. The molecule has 0 radical (unpaired) electrons. The van der Waals surface area contributed by atoms with Crippen LogP contribution in [0.5, 0.6) is 0 Å². The second-order valence-electron chi connectivity index (χ2n) is 4.23. The summed E-state index contributed by atoms with van der Waals surface area (Å²) in [4.78, 5) is 0. The minimum absolute atomic E-state index is 0.574. The summed E-state index contributed by atoms with van der Waals surface area (Å²) >= 11 is 0. The van der Waals surface area contributed by atoms with Gasteiger partial charge >= 0.3 is 0 Å². The van der Waals surface area contributed by atoms with Crippen LogP contribution in [0.1, 0.15) is 20.8 Å². The summed E-state index contributed by atoms with van der Waals surface area (Å²) in [5, 5.41) is 3.34. The lowest BCUT2D eigenvalue weighted by Crippen LogP contribution is -2.27. The number of methoxy groups -OCH3 is 1. The van der Waals surface area contributed by atoms with Gasteiger partial charge in [-0.1, -0.05) is 20.8 Å². The lowest BCUT2D eigenvalue weighted by molar-refractivity contribution is 0.109. The second-order valence-corrected chi connectivity index (χ2v) is 4.23. The van der Waals surface area contributed by atoms with Crippen molar-refractivity contribution in [1.29, 1.82) is 0 Å². The lowest BCUT2D eigenvalue weighted by Gasteiger charge is -2.12. The first-order valence-electron chi connectivity index (χ1n) is 5.44. The van der Waals surface area contributed by atoms with E-state index in [2.05, 4.69) is 26.1 Å². The number of hydrogen-bond acceptors (Lipinski definition) is 3. The summed E-state index contributed by atoms with van der Waals surface area (Å²) in [7, 11) is 1.74. The quantitative estimate of drug-likeness (QED) is 0.576. The third-order valence-electron chi connectivity index (χ3n) is 1.82. The average Bonchev–Trinajstić information content (AvgIpc) is 2.11. The first-order valence-corrected chi connectivity index (χ1v) is 5.44. The van der Waals surface area contributed by atoms with E-state index < -0.39 is 0 Å². The summed E-state index contributed by atoms with van der Waals surface area (Å²) in [6, 6.07) is 0. The van der Waals surface area contributed by atoms with Crippen LogP contribution < -0.4 is 5.32 Å². The Kier molecular flexibility index (Phi) is 9.35. The summed E-state index contributed by atoms with van der Waals surface area (Å²) in [5.41, 5.74) is 0. The van der Waals surface area contributed by atoms with Gasteiger partial charge in [0.1, 0.15) is 0 Å².